The van der Waals surface area contributed by atoms with Crippen molar-refractivity contribution in [3.63, 3.8) is 0 Å². The van der Waals surface area contributed by atoms with Crippen LogP contribution in [0.3, 0.4) is 0 Å². The van der Waals surface area contributed by atoms with Gasteiger partial charge in [-0.05, 0) is 42.3 Å². The van der Waals surface area contributed by atoms with Gasteiger partial charge in [0.05, 0.1) is 4.90 Å². The summed E-state index contributed by atoms with van der Waals surface area (Å²) in [6.07, 6.45) is 0. The average Bonchev–Trinajstić information content (AvgIpc) is 2.38. The van der Waals surface area contributed by atoms with Crippen molar-refractivity contribution in [2.24, 2.45) is 0 Å². The fraction of sp³-hybridized carbons (Fsp3) is 0.143. The zero-order valence-corrected chi connectivity index (χ0v) is 12.6. The van der Waals surface area contributed by atoms with Crippen LogP contribution in [-0.4, -0.2) is 8.42 Å². The maximum Gasteiger partial charge on any atom is 0.240 e. The van der Waals surface area contributed by atoms with Gasteiger partial charge in [-0.25, -0.2) is 21.9 Å². The Hall–Kier alpha value is -1.50. The second-order valence-corrected chi connectivity index (χ2v) is 6.69. The van der Waals surface area contributed by atoms with Gasteiger partial charge in [0.2, 0.25) is 10.0 Å². The highest BCUT2D eigenvalue weighted by Gasteiger charge is 2.15. The van der Waals surface area contributed by atoms with Gasteiger partial charge in [-0.2, -0.15) is 0 Å². The van der Waals surface area contributed by atoms with Crippen LogP contribution in [0, 0.1) is 18.6 Å². The Morgan fingerprint density at radius 2 is 1.71 bits per heavy atom. The summed E-state index contributed by atoms with van der Waals surface area (Å²) < 4.78 is 52.5. The van der Waals surface area contributed by atoms with Gasteiger partial charge in [-0.1, -0.05) is 17.7 Å². The molecule has 0 amide bonds. The molecule has 0 aliphatic rings. The molecule has 0 saturated heterocycles. The fourth-order valence-electron chi connectivity index (χ4n) is 1.72. The van der Waals surface area contributed by atoms with Crippen molar-refractivity contribution in [3.05, 3.63) is 64.2 Å². The third-order valence-electron chi connectivity index (χ3n) is 2.84. The monoisotopic (exact) mass is 331 g/mol. The number of hydrogen-bond acceptors (Lipinski definition) is 2. The van der Waals surface area contributed by atoms with Crippen molar-refractivity contribution in [2.45, 2.75) is 18.4 Å². The van der Waals surface area contributed by atoms with Crippen LogP contribution in [-0.2, 0) is 16.6 Å². The summed E-state index contributed by atoms with van der Waals surface area (Å²) in [5.41, 5.74) is 0.942. The molecule has 2 aromatic carbocycles. The number of aryl methyl sites for hydroxylation is 1. The minimum atomic E-state index is -3.80. The lowest BCUT2D eigenvalue weighted by molar-refractivity contribution is 0.571. The first kappa shape index (κ1) is 15.9. The topological polar surface area (TPSA) is 46.2 Å². The van der Waals surface area contributed by atoms with Gasteiger partial charge in [-0.3, -0.25) is 0 Å². The molecule has 1 N–H and O–H groups in total. The first-order chi connectivity index (χ1) is 9.78. The SMILES string of the molecule is Cc1ccc(S(=O)(=O)NCc2cc(F)cc(F)c2)cc1Cl. The number of sulfonamides is 1. The molecule has 0 heterocycles. The summed E-state index contributed by atoms with van der Waals surface area (Å²) in [6.45, 7) is 1.53. The Labute approximate surface area is 126 Å². The van der Waals surface area contributed by atoms with E-state index in [4.69, 9.17) is 11.6 Å². The number of hydrogen-bond donors (Lipinski definition) is 1. The van der Waals surface area contributed by atoms with E-state index in [2.05, 4.69) is 4.72 Å². The zero-order chi connectivity index (χ0) is 15.6. The standard InChI is InChI=1S/C14H12ClF2NO2S/c1-9-2-3-13(7-14(9)15)21(19,20)18-8-10-4-11(16)6-12(17)5-10/h2-7,18H,8H2,1H3. The van der Waals surface area contributed by atoms with Crippen LogP contribution in [0.5, 0.6) is 0 Å². The third-order valence-corrected chi connectivity index (χ3v) is 4.65. The molecular weight excluding hydrogens is 320 g/mol. The number of nitrogens with one attached hydrogen (secondary N) is 1. The molecule has 0 bridgehead atoms. The van der Waals surface area contributed by atoms with Crippen LogP contribution >= 0.6 is 11.6 Å². The molecule has 0 aliphatic carbocycles. The van der Waals surface area contributed by atoms with E-state index in [9.17, 15) is 17.2 Å². The molecule has 2 rings (SSSR count). The first-order valence-electron chi connectivity index (χ1n) is 5.99. The second-order valence-electron chi connectivity index (χ2n) is 4.51. The van der Waals surface area contributed by atoms with Crippen LogP contribution in [0.4, 0.5) is 8.78 Å². The van der Waals surface area contributed by atoms with E-state index < -0.39 is 21.7 Å². The minimum Gasteiger partial charge on any atom is -0.207 e. The minimum absolute atomic E-state index is 0.00465. The molecular formula is C14H12ClF2NO2S. The van der Waals surface area contributed by atoms with Crippen LogP contribution in [0.15, 0.2) is 41.3 Å². The predicted molar refractivity (Wildman–Crippen MR) is 76.6 cm³/mol. The summed E-state index contributed by atoms with van der Waals surface area (Å²) in [7, 11) is -3.80. The molecule has 0 radical (unpaired) electrons. The Balaban J connectivity index is 2.19. The first-order valence-corrected chi connectivity index (χ1v) is 7.85. The van der Waals surface area contributed by atoms with E-state index >= 15 is 0 Å². The van der Waals surface area contributed by atoms with E-state index in [0.29, 0.717) is 5.02 Å². The van der Waals surface area contributed by atoms with Gasteiger partial charge in [0.15, 0.2) is 0 Å². The summed E-state index contributed by atoms with van der Waals surface area (Å²) >= 11 is 5.89. The summed E-state index contributed by atoms with van der Waals surface area (Å²) in [5.74, 6) is -1.52. The quantitative estimate of drug-likeness (QED) is 0.933. The lowest BCUT2D eigenvalue weighted by atomic mass is 10.2. The molecule has 0 fully saturated rings. The lowest BCUT2D eigenvalue weighted by Gasteiger charge is -2.08. The molecule has 112 valence electrons. The molecule has 3 nitrogen and oxygen atoms in total. The van der Waals surface area contributed by atoms with Gasteiger partial charge in [0, 0.05) is 17.6 Å². The van der Waals surface area contributed by atoms with Crippen LogP contribution in [0.25, 0.3) is 0 Å². The highest BCUT2D eigenvalue weighted by atomic mass is 35.5. The Morgan fingerprint density at radius 1 is 1.10 bits per heavy atom. The lowest BCUT2D eigenvalue weighted by Crippen LogP contribution is -2.23. The maximum absolute atomic E-state index is 13.0. The van der Waals surface area contributed by atoms with Crippen molar-refractivity contribution in [1.82, 2.24) is 4.72 Å². The van der Waals surface area contributed by atoms with E-state index in [0.717, 1.165) is 23.8 Å². The Bertz CT molecular complexity index is 758. The molecule has 2 aromatic rings. The van der Waals surface area contributed by atoms with E-state index in [-0.39, 0.29) is 17.0 Å². The van der Waals surface area contributed by atoms with Gasteiger partial charge < -0.3 is 0 Å². The molecule has 0 spiro atoms. The molecule has 7 heteroatoms. The smallest absolute Gasteiger partial charge is 0.207 e. The second kappa shape index (κ2) is 6.09. The third kappa shape index (κ3) is 4.00. The van der Waals surface area contributed by atoms with Gasteiger partial charge in [-0.15, -0.1) is 0 Å². The van der Waals surface area contributed by atoms with Crippen LogP contribution in [0.2, 0.25) is 5.02 Å². The molecule has 0 atom stereocenters. The van der Waals surface area contributed by atoms with Gasteiger partial charge in [0.1, 0.15) is 11.6 Å². The van der Waals surface area contributed by atoms with Crippen molar-refractivity contribution in [2.75, 3.05) is 0 Å². The fourth-order valence-corrected chi connectivity index (χ4v) is 3.00. The number of benzene rings is 2. The van der Waals surface area contributed by atoms with E-state index in [1.54, 1.807) is 13.0 Å². The summed E-state index contributed by atoms with van der Waals surface area (Å²) in [5, 5.41) is 0.328. The predicted octanol–water partition coefficient (Wildman–Crippen LogP) is 3.41. The van der Waals surface area contributed by atoms with Crippen molar-refractivity contribution in [1.29, 1.82) is 0 Å². The van der Waals surface area contributed by atoms with Crippen molar-refractivity contribution < 1.29 is 17.2 Å². The summed E-state index contributed by atoms with van der Waals surface area (Å²) in [4.78, 5) is -0.00465. The Morgan fingerprint density at radius 3 is 2.29 bits per heavy atom. The largest absolute Gasteiger partial charge is 0.240 e. The highest BCUT2D eigenvalue weighted by Crippen LogP contribution is 2.20. The van der Waals surface area contributed by atoms with Crippen LogP contribution in [0.1, 0.15) is 11.1 Å². The van der Waals surface area contributed by atoms with Gasteiger partial charge >= 0.3 is 0 Å². The average molecular weight is 332 g/mol. The number of rotatable bonds is 4. The van der Waals surface area contributed by atoms with E-state index in [1.165, 1.54) is 12.1 Å². The molecule has 0 aliphatic heterocycles. The zero-order valence-electron chi connectivity index (χ0n) is 11.0. The number of halogens is 3. The molecule has 21 heavy (non-hydrogen) atoms. The molecule has 0 aromatic heterocycles. The molecule has 0 saturated carbocycles. The van der Waals surface area contributed by atoms with E-state index in [1.807, 2.05) is 0 Å². The Kier molecular flexibility index (Phi) is 4.61. The van der Waals surface area contributed by atoms with Crippen molar-refractivity contribution >= 4 is 21.6 Å². The van der Waals surface area contributed by atoms with Crippen molar-refractivity contribution in [3.8, 4) is 0 Å². The summed E-state index contributed by atoms with van der Waals surface area (Å²) in [6, 6.07) is 7.17. The normalized spacial score (nSPS) is 11.6. The van der Waals surface area contributed by atoms with Crippen LogP contribution < -0.4 is 4.72 Å². The molecule has 0 unspecified atom stereocenters. The maximum atomic E-state index is 13.0. The van der Waals surface area contributed by atoms with Gasteiger partial charge in [0.25, 0.3) is 0 Å². The highest BCUT2D eigenvalue weighted by molar-refractivity contribution is 7.89.